The molecule has 0 saturated carbocycles. The van der Waals surface area contributed by atoms with Crippen molar-refractivity contribution < 1.29 is 23.7 Å². The molecule has 0 spiro atoms. The van der Waals surface area contributed by atoms with E-state index in [9.17, 15) is 4.79 Å². The van der Waals surface area contributed by atoms with Gasteiger partial charge in [-0.2, -0.15) is 0 Å². The number of carbonyl (C=O) groups is 1. The van der Waals surface area contributed by atoms with Crippen LogP contribution in [0.15, 0.2) is 66.7 Å². The molecule has 0 unspecified atom stereocenters. The number of benzene rings is 3. The van der Waals surface area contributed by atoms with Crippen molar-refractivity contribution in [3.8, 4) is 23.0 Å². The Morgan fingerprint density at radius 3 is 2.03 bits per heavy atom. The van der Waals surface area contributed by atoms with Crippen LogP contribution in [0.5, 0.6) is 23.0 Å². The quantitative estimate of drug-likeness (QED) is 0.419. The van der Waals surface area contributed by atoms with Gasteiger partial charge in [0, 0.05) is 49.1 Å². The molecule has 0 atom stereocenters. The topological polar surface area (TPSA) is 60.5 Å². The Morgan fingerprint density at radius 2 is 1.44 bits per heavy atom. The maximum Gasteiger partial charge on any atom is 0.258 e. The number of amides is 1. The van der Waals surface area contributed by atoms with Crippen LogP contribution in [0.1, 0.15) is 28.8 Å². The average Bonchev–Trinajstić information content (AvgIpc) is 2.94. The molecule has 7 heteroatoms. The molecule has 0 N–H and O–H groups in total. The zero-order valence-corrected chi connectivity index (χ0v) is 21.4. The van der Waals surface area contributed by atoms with Crippen LogP contribution in [-0.4, -0.2) is 58.4 Å². The normalized spacial score (nSPS) is 14.2. The summed E-state index contributed by atoms with van der Waals surface area (Å²) in [5.74, 6) is 2.79. The van der Waals surface area contributed by atoms with E-state index in [4.69, 9.17) is 18.9 Å². The fraction of sp³-hybridized carbons (Fsp3) is 0.345. The van der Waals surface area contributed by atoms with Crippen molar-refractivity contribution in [3.63, 3.8) is 0 Å². The summed E-state index contributed by atoms with van der Waals surface area (Å²) in [6.07, 6.45) is 1.71. The molecule has 1 fully saturated rings. The van der Waals surface area contributed by atoms with Gasteiger partial charge in [0.1, 0.15) is 11.5 Å². The molecule has 1 amide bonds. The highest BCUT2D eigenvalue weighted by atomic mass is 16.5. The molecule has 0 aromatic heterocycles. The molecular weight excluding hydrogens is 456 g/mol. The first kappa shape index (κ1) is 25.4. The summed E-state index contributed by atoms with van der Waals surface area (Å²) in [7, 11) is 6.54. The Morgan fingerprint density at radius 1 is 0.806 bits per heavy atom. The van der Waals surface area contributed by atoms with Crippen molar-refractivity contribution in [1.29, 1.82) is 0 Å². The van der Waals surface area contributed by atoms with Crippen molar-refractivity contribution in [2.75, 3.05) is 46.4 Å². The molecule has 0 bridgehead atoms. The Hall–Kier alpha value is -3.71. The van der Waals surface area contributed by atoms with Crippen molar-refractivity contribution in [1.82, 2.24) is 4.90 Å². The van der Waals surface area contributed by atoms with E-state index in [-0.39, 0.29) is 11.9 Å². The predicted molar refractivity (Wildman–Crippen MR) is 141 cm³/mol. The van der Waals surface area contributed by atoms with Crippen LogP contribution in [0.2, 0.25) is 0 Å². The van der Waals surface area contributed by atoms with Crippen molar-refractivity contribution >= 4 is 11.6 Å². The Bertz CT molecular complexity index is 1140. The van der Waals surface area contributed by atoms with E-state index in [2.05, 4.69) is 4.90 Å². The number of piperidine rings is 1. The van der Waals surface area contributed by atoms with Crippen LogP contribution in [0, 0.1) is 0 Å². The van der Waals surface area contributed by atoms with E-state index in [1.54, 1.807) is 28.4 Å². The molecule has 1 heterocycles. The number of carbonyl (C=O) groups excluding carboxylic acids is 1. The van der Waals surface area contributed by atoms with Gasteiger partial charge in [0.15, 0.2) is 11.5 Å². The van der Waals surface area contributed by atoms with E-state index in [1.807, 2.05) is 71.6 Å². The number of rotatable bonds is 9. The second kappa shape index (κ2) is 11.8. The van der Waals surface area contributed by atoms with E-state index in [0.29, 0.717) is 17.1 Å². The van der Waals surface area contributed by atoms with Crippen LogP contribution in [0.25, 0.3) is 0 Å². The lowest BCUT2D eigenvalue weighted by Crippen LogP contribution is -2.47. The zero-order valence-electron chi connectivity index (χ0n) is 21.4. The van der Waals surface area contributed by atoms with Crippen LogP contribution < -0.4 is 23.8 Å². The van der Waals surface area contributed by atoms with E-state index in [1.165, 1.54) is 0 Å². The first-order valence-electron chi connectivity index (χ1n) is 12.1. The second-order valence-electron chi connectivity index (χ2n) is 8.81. The molecule has 1 saturated heterocycles. The van der Waals surface area contributed by atoms with Crippen LogP contribution in [0.4, 0.5) is 5.69 Å². The van der Waals surface area contributed by atoms with Gasteiger partial charge in [-0.15, -0.1) is 0 Å². The fourth-order valence-corrected chi connectivity index (χ4v) is 4.74. The largest absolute Gasteiger partial charge is 0.497 e. The number of hydrogen-bond donors (Lipinski definition) is 0. The highest BCUT2D eigenvalue weighted by Gasteiger charge is 2.30. The van der Waals surface area contributed by atoms with E-state index >= 15 is 0 Å². The standard InChI is InChI=1S/C29H34N2O5/c1-33-25-16-21(17-26(19-25)34-2)20-30-14-12-23(13-15-30)31(29(32)22-8-6-5-7-9-22)24-10-11-27(35-3)28(18-24)36-4/h5-11,16-19,23H,12-15,20H2,1-4H3. The monoisotopic (exact) mass is 490 g/mol. The predicted octanol–water partition coefficient (Wildman–Crippen LogP) is 5.03. The molecular formula is C29H34N2O5. The highest BCUT2D eigenvalue weighted by molar-refractivity contribution is 6.06. The van der Waals surface area contributed by atoms with Gasteiger partial charge >= 0.3 is 0 Å². The summed E-state index contributed by atoms with van der Waals surface area (Å²) in [4.78, 5) is 18.1. The summed E-state index contributed by atoms with van der Waals surface area (Å²) >= 11 is 0. The molecule has 3 aromatic rings. The molecule has 7 nitrogen and oxygen atoms in total. The molecule has 0 radical (unpaired) electrons. The molecule has 4 rings (SSSR count). The number of likely N-dealkylation sites (tertiary alicyclic amines) is 1. The Balaban J connectivity index is 1.54. The van der Waals surface area contributed by atoms with Crippen molar-refractivity contribution in [2.24, 2.45) is 0 Å². The van der Waals surface area contributed by atoms with Gasteiger partial charge in [-0.05, 0) is 54.8 Å². The number of ether oxygens (including phenoxy) is 4. The van der Waals surface area contributed by atoms with Crippen molar-refractivity contribution in [3.05, 3.63) is 77.9 Å². The minimum absolute atomic E-state index is 0.0150. The van der Waals surface area contributed by atoms with Gasteiger partial charge in [-0.25, -0.2) is 0 Å². The van der Waals surface area contributed by atoms with Gasteiger partial charge in [-0.3, -0.25) is 9.69 Å². The van der Waals surface area contributed by atoms with Crippen LogP contribution >= 0.6 is 0 Å². The van der Waals surface area contributed by atoms with Gasteiger partial charge in [-0.1, -0.05) is 18.2 Å². The molecule has 36 heavy (non-hydrogen) atoms. The molecule has 3 aromatic carbocycles. The highest BCUT2D eigenvalue weighted by Crippen LogP contribution is 2.35. The maximum absolute atomic E-state index is 13.7. The van der Waals surface area contributed by atoms with Crippen LogP contribution in [-0.2, 0) is 6.54 Å². The summed E-state index contributed by atoms with van der Waals surface area (Å²) in [6, 6.07) is 21.1. The first-order valence-corrected chi connectivity index (χ1v) is 12.1. The Labute approximate surface area is 213 Å². The maximum atomic E-state index is 13.7. The number of nitrogens with zero attached hydrogens (tertiary/aromatic N) is 2. The lowest BCUT2D eigenvalue weighted by molar-refractivity contribution is 0.0958. The third-order valence-corrected chi connectivity index (χ3v) is 6.62. The molecule has 1 aliphatic rings. The summed E-state index contributed by atoms with van der Waals surface area (Å²) in [6.45, 7) is 2.54. The van der Waals surface area contributed by atoms with Crippen LogP contribution in [0.3, 0.4) is 0 Å². The third kappa shape index (κ3) is 5.74. The van der Waals surface area contributed by atoms with E-state index in [0.717, 1.165) is 55.2 Å². The molecule has 1 aliphatic heterocycles. The molecule has 0 aliphatic carbocycles. The number of anilines is 1. The zero-order chi connectivity index (χ0) is 25.5. The van der Waals surface area contributed by atoms with Gasteiger partial charge < -0.3 is 23.8 Å². The lowest BCUT2D eigenvalue weighted by Gasteiger charge is -2.39. The van der Waals surface area contributed by atoms with Gasteiger partial charge in [0.25, 0.3) is 5.91 Å². The minimum Gasteiger partial charge on any atom is -0.497 e. The Kier molecular flexibility index (Phi) is 8.33. The molecule has 190 valence electrons. The number of hydrogen-bond acceptors (Lipinski definition) is 6. The van der Waals surface area contributed by atoms with Gasteiger partial charge in [0.05, 0.1) is 28.4 Å². The van der Waals surface area contributed by atoms with Gasteiger partial charge in [0.2, 0.25) is 0 Å². The number of methoxy groups -OCH3 is 4. The minimum atomic E-state index is -0.0150. The summed E-state index contributed by atoms with van der Waals surface area (Å²) in [5, 5.41) is 0. The third-order valence-electron chi connectivity index (χ3n) is 6.62. The summed E-state index contributed by atoms with van der Waals surface area (Å²) < 4.78 is 21.8. The lowest BCUT2D eigenvalue weighted by atomic mass is 10.00. The van der Waals surface area contributed by atoms with E-state index < -0.39 is 0 Å². The SMILES string of the molecule is COc1cc(CN2CCC(N(C(=O)c3ccccc3)c3ccc(OC)c(OC)c3)CC2)cc(OC)c1. The smallest absolute Gasteiger partial charge is 0.258 e. The second-order valence-corrected chi connectivity index (χ2v) is 8.81. The fourth-order valence-electron chi connectivity index (χ4n) is 4.74. The summed E-state index contributed by atoms with van der Waals surface area (Å²) in [5.41, 5.74) is 2.61. The first-order chi connectivity index (χ1) is 17.6. The average molecular weight is 491 g/mol. The van der Waals surface area contributed by atoms with Crippen molar-refractivity contribution in [2.45, 2.75) is 25.4 Å².